The van der Waals surface area contributed by atoms with E-state index in [2.05, 4.69) is 4.99 Å². The molecule has 140 valence electrons. The summed E-state index contributed by atoms with van der Waals surface area (Å²) in [5.41, 5.74) is 2.25. The second-order valence-corrected chi connectivity index (χ2v) is 6.89. The highest BCUT2D eigenvalue weighted by molar-refractivity contribution is 7.16. The van der Waals surface area contributed by atoms with Crippen LogP contribution >= 0.6 is 11.3 Å². The summed E-state index contributed by atoms with van der Waals surface area (Å²) >= 11 is 1.36. The predicted molar refractivity (Wildman–Crippen MR) is 104 cm³/mol. The Kier molecular flexibility index (Phi) is 5.71. The van der Waals surface area contributed by atoms with Gasteiger partial charge in [-0.3, -0.25) is 4.79 Å². The first-order chi connectivity index (χ1) is 13.0. The zero-order chi connectivity index (χ0) is 19.4. The summed E-state index contributed by atoms with van der Waals surface area (Å²) in [5, 5.41) is 0. The number of fused-ring (bicyclic) bond motifs is 1. The largest absolute Gasteiger partial charge is 0.494 e. The molecule has 1 heterocycles. The first kappa shape index (κ1) is 18.8. The van der Waals surface area contributed by atoms with E-state index in [0.717, 1.165) is 21.5 Å². The van der Waals surface area contributed by atoms with Gasteiger partial charge in [-0.25, -0.2) is 4.79 Å². The Labute approximate surface area is 160 Å². The van der Waals surface area contributed by atoms with Crippen molar-refractivity contribution in [3.8, 4) is 5.75 Å². The van der Waals surface area contributed by atoms with Gasteiger partial charge in [-0.15, -0.1) is 0 Å². The minimum Gasteiger partial charge on any atom is -0.494 e. The topological polar surface area (TPSA) is 69.9 Å². The summed E-state index contributed by atoms with van der Waals surface area (Å²) in [5.74, 6) is 0.162. The maximum absolute atomic E-state index is 12.4. The van der Waals surface area contributed by atoms with Crippen molar-refractivity contribution in [1.82, 2.24) is 4.57 Å². The molecule has 7 heteroatoms. The molecule has 0 saturated heterocycles. The number of carbonyl (C=O) groups excluding carboxylic acids is 2. The van der Waals surface area contributed by atoms with Crippen LogP contribution in [0.25, 0.3) is 10.2 Å². The van der Waals surface area contributed by atoms with Crippen LogP contribution in [0, 0.1) is 0 Å². The first-order valence-corrected chi connectivity index (χ1v) is 9.30. The monoisotopic (exact) mass is 384 g/mol. The fourth-order valence-electron chi connectivity index (χ4n) is 2.68. The number of nitrogens with zero attached hydrogens (tertiary/aromatic N) is 2. The third kappa shape index (κ3) is 4.25. The SMILES string of the molecule is CCOc1ccc(CC(=O)N=c2sc3cc(C(=O)OC)ccc3n2C)cc1. The van der Waals surface area contributed by atoms with Crippen molar-refractivity contribution in [2.75, 3.05) is 13.7 Å². The molecule has 0 unspecified atom stereocenters. The molecule has 0 aliphatic heterocycles. The molecule has 0 spiro atoms. The van der Waals surface area contributed by atoms with Crippen molar-refractivity contribution < 1.29 is 19.1 Å². The summed E-state index contributed by atoms with van der Waals surface area (Å²) in [6, 6.07) is 12.7. The number of carbonyl (C=O) groups is 2. The molecule has 0 N–H and O–H groups in total. The molecule has 27 heavy (non-hydrogen) atoms. The number of ether oxygens (including phenoxy) is 2. The molecule has 0 fully saturated rings. The number of amides is 1. The summed E-state index contributed by atoms with van der Waals surface area (Å²) < 4.78 is 12.9. The Morgan fingerprint density at radius 3 is 2.56 bits per heavy atom. The third-order valence-corrected chi connectivity index (χ3v) is 5.14. The summed E-state index contributed by atoms with van der Waals surface area (Å²) in [6.45, 7) is 2.53. The van der Waals surface area contributed by atoms with Crippen LogP contribution in [0.2, 0.25) is 0 Å². The summed E-state index contributed by atoms with van der Waals surface area (Å²) in [7, 11) is 3.20. The first-order valence-electron chi connectivity index (χ1n) is 8.49. The Hall–Kier alpha value is -2.93. The maximum atomic E-state index is 12.4. The van der Waals surface area contributed by atoms with Gasteiger partial charge < -0.3 is 14.0 Å². The van der Waals surface area contributed by atoms with Crippen LogP contribution in [-0.4, -0.2) is 30.2 Å². The number of aryl methyl sites for hydroxylation is 1. The maximum Gasteiger partial charge on any atom is 0.337 e. The van der Waals surface area contributed by atoms with Gasteiger partial charge in [0, 0.05) is 7.05 Å². The standard InChI is InChI=1S/C20H20N2O4S/c1-4-26-15-8-5-13(6-9-15)11-18(23)21-20-22(2)16-10-7-14(19(24)25-3)12-17(16)27-20/h5-10,12H,4,11H2,1-3H3. The molecule has 0 radical (unpaired) electrons. The second kappa shape index (κ2) is 8.18. The Balaban J connectivity index is 1.84. The Bertz CT molecular complexity index is 1050. The molecule has 0 saturated carbocycles. The number of methoxy groups -OCH3 is 1. The van der Waals surface area contributed by atoms with Gasteiger partial charge in [0.2, 0.25) is 0 Å². The highest BCUT2D eigenvalue weighted by atomic mass is 32.1. The average molecular weight is 384 g/mol. The number of hydrogen-bond acceptors (Lipinski definition) is 5. The van der Waals surface area contributed by atoms with Crippen molar-refractivity contribution in [1.29, 1.82) is 0 Å². The van der Waals surface area contributed by atoms with E-state index in [0.29, 0.717) is 17.0 Å². The molecule has 2 aromatic carbocycles. The molecular formula is C20H20N2O4S. The summed E-state index contributed by atoms with van der Waals surface area (Å²) in [6.07, 6.45) is 0.216. The predicted octanol–water partition coefficient (Wildman–Crippen LogP) is 3.10. The van der Waals surface area contributed by atoms with E-state index in [4.69, 9.17) is 9.47 Å². The van der Waals surface area contributed by atoms with E-state index in [1.807, 2.05) is 48.9 Å². The van der Waals surface area contributed by atoms with Crippen LogP contribution in [-0.2, 0) is 23.0 Å². The number of aromatic nitrogens is 1. The van der Waals surface area contributed by atoms with Gasteiger partial charge >= 0.3 is 5.97 Å². The zero-order valence-electron chi connectivity index (χ0n) is 15.4. The van der Waals surface area contributed by atoms with Gasteiger partial charge in [-0.1, -0.05) is 23.5 Å². The van der Waals surface area contributed by atoms with Crippen LogP contribution in [0.1, 0.15) is 22.8 Å². The van der Waals surface area contributed by atoms with Crippen LogP contribution in [0.4, 0.5) is 0 Å². The Morgan fingerprint density at radius 2 is 1.89 bits per heavy atom. The van der Waals surface area contributed by atoms with E-state index in [9.17, 15) is 9.59 Å². The molecule has 3 rings (SSSR count). The van der Waals surface area contributed by atoms with Gasteiger partial charge in [-0.05, 0) is 42.8 Å². The molecule has 0 aliphatic carbocycles. The minimum absolute atomic E-state index is 0.216. The average Bonchev–Trinajstić information content (AvgIpc) is 2.97. The highest BCUT2D eigenvalue weighted by Gasteiger charge is 2.10. The van der Waals surface area contributed by atoms with Crippen LogP contribution < -0.4 is 9.54 Å². The molecule has 6 nitrogen and oxygen atoms in total. The lowest BCUT2D eigenvalue weighted by atomic mass is 10.1. The minimum atomic E-state index is -0.391. The number of hydrogen-bond donors (Lipinski definition) is 0. The fraction of sp³-hybridized carbons (Fsp3) is 0.250. The normalized spacial score (nSPS) is 11.6. The molecule has 3 aromatic rings. The lowest BCUT2D eigenvalue weighted by Gasteiger charge is -2.03. The molecule has 0 atom stereocenters. The van der Waals surface area contributed by atoms with Crippen LogP contribution in [0.15, 0.2) is 47.5 Å². The number of thiazole rings is 1. The molecule has 0 bridgehead atoms. The van der Waals surface area contributed by atoms with Gasteiger partial charge in [-0.2, -0.15) is 4.99 Å². The molecule has 1 aromatic heterocycles. The van der Waals surface area contributed by atoms with E-state index in [1.165, 1.54) is 18.4 Å². The van der Waals surface area contributed by atoms with Gasteiger partial charge in [0.05, 0.1) is 35.9 Å². The third-order valence-electron chi connectivity index (χ3n) is 4.04. The molecule has 0 aliphatic rings. The van der Waals surface area contributed by atoms with Crippen molar-refractivity contribution in [2.45, 2.75) is 13.3 Å². The van der Waals surface area contributed by atoms with Crippen molar-refractivity contribution in [3.05, 3.63) is 58.4 Å². The van der Waals surface area contributed by atoms with E-state index < -0.39 is 5.97 Å². The van der Waals surface area contributed by atoms with E-state index in [-0.39, 0.29) is 12.3 Å². The number of rotatable bonds is 5. The Morgan fingerprint density at radius 1 is 1.15 bits per heavy atom. The van der Waals surface area contributed by atoms with Gasteiger partial charge in [0.25, 0.3) is 5.91 Å². The lowest BCUT2D eigenvalue weighted by Crippen LogP contribution is -2.14. The summed E-state index contributed by atoms with van der Waals surface area (Å²) in [4.78, 5) is 28.9. The number of esters is 1. The van der Waals surface area contributed by atoms with Crippen molar-refractivity contribution in [2.24, 2.45) is 12.0 Å². The van der Waals surface area contributed by atoms with Gasteiger partial charge in [0.15, 0.2) is 4.80 Å². The van der Waals surface area contributed by atoms with Gasteiger partial charge in [0.1, 0.15) is 5.75 Å². The molecule has 1 amide bonds. The number of benzene rings is 2. The van der Waals surface area contributed by atoms with Crippen LogP contribution in [0.5, 0.6) is 5.75 Å². The van der Waals surface area contributed by atoms with Crippen molar-refractivity contribution in [3.63, 3.8) is 0 Å². The quantitative estimate of drug-likeness (QED) is 0.634. The van der Waals surface area contributed by atoms with Crippen molar-refractivity contribution >= 4 is 33.4 Å². The fourth-order valence-corrected chi connectivity index (χ4v) is 3.75. The van der Waals surface area contributed by atoms with Crippen LogP contribution in [0.3, 0.4) is 0 Å². The smallest absolute Gasteiger partial charge is 0.337 e. The van der Waals surface area contributed by atoms with E-state index in [1.54, 1.807) is 12.1 Å². The zero-order valence-corrected chi connectivity index (χ0v) is 16.2. The second-order valence-electron chi connectivity index (χ2n) is 5.88. The van der Waals surface area contributed by atoms with E-state index >= 15 is 0 Å². The highest BCUT2D eigenvalue weighted by Crippen LogP contribution is 2.19. The molecular weight excluding hydrogens is 364 g/mol. The lowest BCUT2D eigenvalue weighted by molar-refractivity contribution is -0.117.